The molecule has 10 heteroatoms. The van der Waals surface area contributed by atoms with Gasteiger partial charge in [-0.2, -0.15) is 0 Å². The average molecular weight is 551 g/mol. The van der Waals surface area contributed by atoms with Gasteiger partial charge in [0.1, 0.15) is 0 Å². The smallest absolute Gasteiger partial charge is 0.253 e. The van der Waals surface area contributed by atoms with Crippen LogP contribution in [-0.4, -0.2) is 95.0 Å². The number of nitrogens with zero attached hydrogens (tertiary/aromatic N) is 3. The van der Waals surface area contributed by atoms with E-state index in [2.05, 4.69) is 20.5 Å². The molecule has 1 fully saturated rings. The molecule has 0 aromatic heterocycles. The first-order chi connectivity index (χ1) is 13.8. The van der Waals surface area contributed by atoms with Crippen LogP contribution in [0, 0.1) is 0 Å². The van der Waals surface area contributed by atoms with Crippen LogP contribution in [0.1, 0.15) is 22.8 Å². The standard InChI is InChI=1S/C20H33N5O3S.HI/c1-4-21-20(23-10-11-25-12-14-29(27,28)15-13-25)22-9-8-17-6-5-7-18(16-17)19(26)24(2)3;/h5-7,16H,4,8-15H2,1-3H3,(H2,21,22,23);1H. The lowest BCUT2D eigenvalue weighted by atomic mass is 10.1. The molecule has 2 rings (SSSR count). The van der Waals surface area contributed by atoms with Crippen LogP contribution in [0.4, 0.5) is 0 Å². The third-order valence-corrected chi connectivity index (χ3v) is 6.36. The van der Waals surface area contributed by atoms with Crippen molar-refractivity contribution in [1.82, 2.24) is 20.4 Å². The van der Waals surface area contributed by atoms with Crippen molar-refractivity contribution < 1.29 is 13.2 Å². The summed E-state index contributed by atoms with van der Waals surface area (Å²) in [4.78, 5) is 20.4. The second kappa shape index (κ2) is 13.1. The van der Waals surface area contributed by atoms with Crippen LogP contribution in [0.15, 0.2) is 29.3 Å². The molecule has 170 valence electrons. The van der Waals surface area contributed by atoms with Crippen LogP contribution in [0.3, 0.4) is 0 Å². The lowest BCUT2D eigenvalue weighted by Crippen LogP contribution is -2.42. The molecule has 1 aromatic carbocycles. The molecule has 2 N–H and O–H groups in total. The van der Waals surface area contributed by atoms with Crippen molar-refractivity contribution in [2.24, 2.45) is 4.99 Å². The fourth-order valence-corrected chi connectivity index (χ4v) is 4.34. The minimum Gasteiger partial charge on any atom is -0.357 e. The maximum Gasteiger partial charge on any atom is 0.253 e. The van der Waals surface area contributed by atoms with E-state index in [9.17, 15) is 13.2 Å². The fourth-order valence-electron chi connectivity index (χ4n) is 3.06. The lowest BCUT2D eigenvalue weighted by Gasteiger charge is -2.25. The van der Waals surface area contributed by atoms with Crippen LogP contribution in [-0.2, 0) is 16.3 Å². The minimum absolute atomic E-state index is 0. The zero-order valence-corrected chi connectivity index (χ0v) is 21.2. The zero-order chi connectivity index (χ0) is 21.3. The van der Waals surface area contributed by atoms with E-state index in [1.165, 1.54) is 0 Å². The fraction of sp³-hybridized carbons (Fsp3) is 0.600. The number of aliphatic imine (C=N–C) groups is 1. The van der Waals surface area contributed by atoms with E-state index in [1.807, 2.05) is 31.2 Å². The van der Waals surface area contributed by atoms with Gasteiger partial charge in [-0.1, -0.05) is 12.1 Å². The van der Waals surface area contributed by atoms with Gasteiger partial charge in [-0.05, 0) is 31.0 Å². The summed E-state index contributed by atoms with van der Waals surface area (Å²) in [6, 6.07) is 7.68. The summed E-state index contributed by atoms with van der Waals surface area (Å²) in [6.45, 7) is 6.02. The van der Waals surface area contributed by atoms with E-state index in [0.29, 0.717) is 31.7 Å². The van der Waals surface area contributed by atoms with Gasteiger partial charge in [0, 0.05) is 52.4 Å². The highest BCUT2D eigenvalue weighted by Gasteiger charge is 2.20. The Hall–Kier alpha value is -1.40. The monoisotopic (exact) mass is 551 g/mol. The van der Waals surface area contributed by atoms with Crippen LogP contribution < -0.4 is 10.6 Å². The number of hydrogen-bond acceptors (Lipinski definition) is 5. The number of amides is 1. The van der Waals surface area contributed by atoms with Crippen LogP contribution in [0.5, 0.6) is 0 Å². The van der Waals surface area contributed by atoms with E-state index < -0.39 is 9.84 Å². The first-order valence-electron chi connectivity index (χ1n) is 10.1. The second-order valence-electron chi connectivity index (χ2n) is 7.33. The maximum absolute atomic E-state index is 12.1. The largest absolute Gasteiger partial charge is 0.357 e. The molecular formula is C20H34IN5O3S. The minimum atomic E-state index is -2.84. The van der Waals surface area contributed by atoms with Crippen molar-refractivity contribution in [1.29, 1.82) is 0 Å². The number of rotatable bonds is 8. The summed E-state index contributed by atoms with van der Waals surface area (Å²) in [5.74, 6) is 1.23. The molecule has 0 bridgehead atoms. The molecule has 1 heterocycles. The van der Waals surface area contributed by atoms with Gasteiger partial charge in [0.15, 0.2) is 15.8 Å². The Bertz CT molecular complexity index is 800. The molecule has 0 unspecified atom stereocenters. The Morgan fingerprint density at radius 3 is 2.53 bits per heavy atom. The molecule has 1 aliphatic heterocycles. The number of hydrogen-bond donors (Lipinski definition) is 2. The summed E-state index contributed by atoms with van der Waals surface area (Å²) in [5, 5.41) is 6.55. The van der Waals surface area contributed by atoms with Gasteiger partial charge < -0.3 is 15.5 Å². The van der Waals surface area contributed by atoms with Crippen LogP contribution in [0.25, 0.3) is 0 Å². The number of nitrogens with one attached hydrogen (secondary N) is 2. The molecule has 0 saturated carbocycles. The summed E-state index contributed by atoms with van der Waals surface area (Å²) in [7, 11) is 0.654. The number of halogens is 1. The van der Waals surface area contributed by atoms with Gasteiger partial charge in [-0.3, -0.25) is 14.7 Å². The second-order valence-corrected chi connectivity index (χ2v) is 9.63. The highest BCUT2D eigenvalue weighted by molar-refractivity contribution is 14.0. The third kappa shape index (κ3) is 9.17. The highest BCUT2D eigenvalue weighted by atomic mass is 127. The Morgan fingerprint density at radius 1 is 1.20 bits per heavy atom. The Labute approximate surface area is 197 Å². The van der Waals surface area contributed by atoms with E-state index in [1.54, 1.807) is 19.0 Å². The molecule has 0 spiro atoms. The van der Waals surface area contributed by atoms with Crippen molar-refractivity contribution >= 4 is 45.7 Å². The van der Waals surface area contributed by atoms with Gasteiger partial charge in [0.2, 0.25) is 0 Å². The van der Waals surface area contributed by atoms with Crippen molar-refractivity contribution in [2.45, 2.75) is 13.3 Å². The van der Waals surface area contributed by atoms with E-state index in [-0.39, 0.29) is 41.4 Å². The lowest BCUT2D eigenvalue weighted by molar-refractivity contribution is 0.0827. The Balaban J connectivity index is 0.00000450. The Morgan fingerprint density at radius 2 is 1.90 bits per heavy atom. The normalized spacial score (nSPS) is 16.4. The number of guanidine groups is 1. The van der Waals surface area contributed by atoms with Gasteiger partial charge in [0.25, 0.3) is 5.91 Å². The summed E-state index contributed by atoms with van der Waals surface area (Å²) < 4.78 is 23.0. The first kappa shape index (κ1) is 26.6. The quantitative estimate of drug-likeness (QED) is 0.283. The zero-order valence-electron chi connectivity index (χ0n) is 18.1. The van der Waals surface area contributed by atoms with E-state index in [0.717, 1.165) is 31.0 Å². The molecule has 1 amide bonds. The number of carbonyl (C=O) groups excluding carboxylic acids is 1. The maximum atomic E-state index is 12.1. The number of carbonyl (C=O) groups is 1. The third-order valence-electron chi connectivity index (χ3n) is 4.75. The molecule has 1 aliphatic rings. The van der Waals surface area contributed by atoms with Crippen LogP contribution >= 0.6 is 24.0 Å². The highest BCUT2D eigenvalue weighted by Crippen LogP contribution is 2.08. The molecule has 0 radical (unpaired) electrons. The van der Waals surface area contributed by atoms with Gasteiger partial charge in [-0.25, -0.2) is 8.42 Å². The molecule has 1 aromatic rings. The van der Waals surface area contributed by atoms with Gasteiger partial charge in [0.05, 0.1) is 18.1 Å². The predicted octanol–water partition coefficient (Wildman–Crippen LogP) is 0.834. The van der Waals surface area contributed by atoms with E-state index >= 15 is 0 Å². The van der Waals surface area contributed by atoms with Gasteiger partial charge in [-0.15, -0.1) is 24.0 Å². The topological polar surface area (TPSA) is 94.1 Å². The van der Waals surface area contributed by atoms with E-state index in [4.69, 9.17) is 0 Å². The first-order valence-corrected chi connectivity index (χ1v) is 11.9. The Kier molecular flexibility index (Phi) is 11.6. The molecule has 8 nitrogen and oxygen atoms in total. The van der Waals surface area contributed by atoms with Gasteiger partial charge >= 0.3 is 0 Å². The van der Waals surface area contributed by atoms with Crippen LogP contribution in [0.2, 0.25) is 0 Å². The van der Waals surface area contributed by atoms with Crippen molar-refractivity contribution in [3.05, 3.63) is 35.4 Å². The average Bonchev–Trinajstić information content (AvgIpc) is 2.69. The molecule has 0 aliphatic carbocycles. The number of sulfone groups is 1. The van der Waals surface area contributed by atoms with Crippen molar-refractivity contribution in [2.75, 3.05) is 64.9 Å². The van der Waals surface area contributed by atoms with Crippen molar-refractivity contribution in [3.8, 4) is 0 Å². The predicted molar refractivity (Wildman–Crippen MR) is 133 cm³/mol. The van der Waals surface area contributed by atoms with Crippen molar-refractivity contribution in [3.63, 3.8) is 0 Å². The summed E-state index contributed by atoms with van der Waals surface area (Å²) in [5.41, 5.74) is 1.78. The summed E-state index contributed by atoms with van der Waals surface area (Å²) in [6.07, 6.45) is 0.781. The SMILES string of the molecule is CCNC(=NCCN1CCS(=O)(=O)CC1)NCCc1cccc(C(=O)N(C)C)c1.I. The molecule has 1 saturated heterocycles. The molecular weight excluding hydrogens is 517 g/mol. The summed E-state index contributed by atoms with van der Waals surface area (Å²) >= 11 is 0. The number of benzene rings is 1. The molecule has 0 atom stereocenters. The molecule has 30 heavy (non-hydrogen) atoms.